The first kappa shape index (κ1) is 18.7. The normalized spacial score (nSPS) is 14.9. The minimum absolute atomic E-state index is 0.122. The van der Waals surface area contributed by atoms with E-state index in [4.69, 9.17) is 14.7 Å². The van der Waals surface area contributed by atoms with Gasteiger partial charge in [0.1, 0.15) is 6.07 Å². The van der Waals surface area contributed by atoms with E-state index >= 15 is 0 Å². The molecule has 1 aliphatic heterocycles. The lowest BCUT2D eigenvalue weighted by Crippen LogP contribution is -2.21. The Morgan fingerprint density at radius 2 is 2.00 bits per heavy atom. The van der Waals surface area contributed by atoms with Gasteiger partial charge in [0.2, 0.25) is 0 Å². The molecule has 1 amide bonds. The van der Waals surface area contributed by atoms with E-state index in [1.54, 1.807) is 31.2 Å². The minimum atomic E-state index is -0.233. The first-order valence-electron chi connectivity index (χ1n) is 8.09. The molecule has 0 N–H and O–H groups in total. The van der Waals surface area contributed by atoms with Crippen molar-refractivity contribution in [3.05, 3.63) is 58.1 Å². The third kappa shape index (κ3) is 3.86. The molecule has 0 aliphatic carbocycles. The number of hydrazone groups is 1. The monoisotopic (exact) mass is 425 g/mol. The third-order valence-electron chi connectivity index (χ3n) is 3.94. The molecule has 0 atom stereocenters. The molecule has 2 aromatic carbocycles. The van der Waals surface area contributed by atoms with Gasteiger partial charge in [-0.1, -0.05) is 28.1 Å². The summed E-state index contributed by atoms with van der Waals surface area (Å²) in [6.45, 7) is 1.65. The molecule has 27 heavy (non-hydrogen) atoms. The third-order valence-corrected chi connectivity index (χ3v) is 4.47. The summed E-state index contributed by atoms with van der Waals surface area (Å²) < 4.78 is 11.7. The first-order valence-corrected chi connectivity index (χ1v) is 8.88. The molecule has 0 spiro atoms. The predicted molar refractivity (Wildman–Crippen MR) is 107 cm³/mol. The van der Waals surface area contributed by atoms with Crippen LogP contribution in [-0.4, -0.2) is 25.3 Å². The Bertz CT molecular complexity index is 975. The van der Waals surface area contributed by atoms with E-state index in [0.717, 1.165) is 4.47 Å². The summed E-state index contributed by atoms with van der Waals surface area (Å²) in [6.07, 6.45) is 1.70. The van der Waals surface area contributed by atoms with Crippen molar-refractivity contribution < 1.29 is 14.3 Å². The average Bonchev–Trinajstić information content (AvgIpc) is 2.95. The van der Waals surface area contributed by atoms with Crippen LogP contribution >= 0.6 is 15.9 Å². The molecule has 2 aromatic rings. The Morgan fingerprint density at radius 1 is 1.26 bits per heavy atom. The highest BCUT2D eigenvalue weighted by molar-refractivity contribution is 9.10. The van der Waals surface area contributed by atoms with Crippen molar-refractivity contribution in [1.82, 2.24) is 0 Å². The van der Waals surface area contributed by atoms with Gasteiger partial charge in [0.05, 0.1) is 24.1 Å². The Morgan fingerprint density at radius 3 is 2.67 bits per heavy atom. The Balaban J connectivity index is 1.98. The van der Waals surface area contributed by atoms with E-state index in [9.17, 15) is 4.79 Å². The van der Waals surface area contributed by atoms with Crippen LogP contribution in [0.25, 0.3) is 6.08 Å². The van der Waals surface area contributed by atoms with E-state index < -0.39 is 0 Å². The second kappa shape index (κ2) is 8.06. The van der Waals surface area contributed by atoms with Gasteiger partial charge in [-0.05, 0) is 43.3 Å². The second-order valence-electron chi connectivity index (χ2n) is 5.66. The van der Waals surface area contributed by atoms with Crippen LogP contribution in [0.3, 0.4) is 0 Å². The highest BCUT2D eigenvalue weighted by Crippen LogP contribution is 2.34. The van der Waals surface area contributed by atoms with Crippen molar-refractivity contribution in [3.63, 3.8) is 0 Å². The van der Waals surface area contributed by atoms with E-state index in [0.29, 0.717) is 34.0 Å². The van der Waals surface area contributed by atoms with Gasteiger partial charge in [-0.2, -0.15) is 15.4 Å². The number of methoxy groups -OCH3 is 1. The number of hydrogen-bond acceptors (Lipinski definition) is 5. The summed E-state index contributed by atoms with van der Waals surface area (Å²) in [5, 5.41) is 14.6. The zero-order valence-corrected chi connectivity index (χ0v) is 16.4. The molecule has 3 rings (SSSR count). The number of carbonyl (C=O) groups excluding carboxylic acids is 1. The molecule has 0 saturated heterocycles. The molecule has 0 bridgehead atoms. The molecule has 0 unspecified atom stereocenters. The molecule has 6 nitrogen and oxygen atoms in total. The van der Waals surface area contributed by atoms with Gasteiger partial charge in [0.25, 0.3) is 5.91 Å². The van der Waals surface area contributed by atoms with Crippen molar-refractivity contribution in [2.45, 2.75) is 6.92 Å². The summed E-state index contributed by atoms with van der Waals surface area (Å²) >= 11 is 3.38. The Hall–Kier alpha value is -3.11. The number of rotatable bonds is 5. The van der Waals surface area contributed by atoms with Crippen LogP contribution < -0.4 is 14.5 Å². The lowest BCUT2D eigenvalue weighted by Gasteiger charge is -2.13. The van der Waals surface area contributed by atoms with Gasteiger partial charge >= 0.3 is 0 Å². The molecule has 7 heteroatoms. The zero-order chi connectivity index (χ0) is 19.4. The molecular weight excluding hydrogens is 410 g/mol. The Labute approximate surface area is 165 Å². The predicted octanol–water partition coefficient (Wildman–Crippen LogP) is 4.17. The molecule has 1 aliphatic rings. The zero-order valence-electron chi connectivity index (χ0n) is 14.8. The fourth-order valence-electron chi connectivity index (χ4n) is 2.66. The lowest BCUT2D eigenvalue weighted by molar-refractivity contribution is -0.114. The van der Waals surface area contributed by atoms with E-state index in [1.165, 1.54) is 12.1 Å². The second-order valence-corrected chi connectivity index (χ2v) is 6.58. The first-order chi connectivity index (χ1) is 13.0. The topological polar surface area (TPSA) is 74.9 Å². The van der Waals surface area contributed by atoms with Gasteiger partial charge < -0.3 is 9.47 Å². The smallest absolute Gasteiger partial charge is 0.280 e. The van der Waals surface area contributed by atoms with Crippen LogP contribution in [0, 0.1) is 11.3 Å². The number of ether oxygens (including phenoxy) is 2. The van der Waals surface area contributed by atoms with Gasteiger partial charge in [-0.25, -0.2) is 0 Å². The maximum absolute atomic E-state index is 12.9. The summed E-state index contributed by atoms with van der Waals surface area (Å²) in [4.78, 5) is 12.9. The summed E-state index contributed by atoms with van der Waals surface area (Å²) in [5.74, 6) is 0.671. The largest absolute Gasteiger partial charge is 0.493 e. The highest BCUT2D eigenvalue weighted by atomic mass is 79.9. The fraction of sp³-hybridized carbons (Fsp3) is 0.150. The van der Waals surface area contributed by atoms with Crippen molar-refractivity contribution in [3.8, 4) is 17.6 Å². The minimum Gasteiger partial charge on any atom is -0.493 e. The number of carbonyl (C=O) groups is 1. The van der Waals surface area contributed by atoms with Crippen LogP contribution in [0.4, 0.5) is 5.69 Å². The quantitative estimate of drug-likeness (QED) is 0.673. The van der Waals surface area contributed by atoms with Crippen molar-refractivity contribution in [2.75, 3.05) is 18.7 Å². The van der Waals surface area contributed by atoms with Gasteiger partial charge in [-0.15, -0.1) is 0 Å². The maximum atomic E-state index is 12.9. The SMILES string of the molecule is COc1cccc(C=C2C(=O)N(c3ccc(Br)cc3)N=C2C)c1OCC#N. The van der Waals surface area contributed by atoms with E-state index in [-0.39, 0.29) is 12.5 Å². The van der Waals surface area contributed by atoms with E-state index in [2.05, 4.69) is 21.0 Å². The number of para-hydroxylation sites is 1. The van der Waals surface area contributed by atoms with Gasteiger partial charge in [0, 0.05) is 10.0 Å². The van der Waals surface area contributed by atoms with Crippen LogP contribution in [0.1, 0.15) is 12.5 Å². The number of halogens is 1. The van der Waals surface area contributed by atoms with Gasteiger partial charge in [0.15, 0.2) is 18.1 Å². The summed E-state index contributed by atoms with van der Waals surface area (Å²) in [5.41, 5.74) is 2.36. The molecule has 0 saturated carbocycles. The molecule has 0 radical (unpaired) electrons. The van der Waals surface area contributed by atoms with Crippen LogP contribution in [0.15, 0.2) is 57.6 Å². The molecule has 0 aromatic heterocycles. The number of nitrogens with zero attached hydrogens (tertiary/aromatic N) is 3. The van der Waals surface area contributed by atoms with E-state index in [1.807, 2.05) is 30.3 Å². The maximum Gasteiger partial charge on any atom is 0.280 e. The Kier molecular flexibility index (Phi) is 5.57. The number of hydrogen-bond donors (Lipinski definition) is 0. The lowest BCUT2D eigenvalue weighted by atomic mass is 10.1. The number of amides is 1. The van der Waals surface area contributed by atoms with Crippen LogP contribution in [0.5, 0.6) is 11.5 Å². The summed E-state index contributed by atoms with van der Waals surface area (Å²) in [6, 6.07) is 14.6. The standard InChI is InChI=1S/C20H16BrN3O3/c1-13-17(20(25)24(23-13)16-8-6-15(21)7-9-16)12-14-4-3-5-18(26-2)19(14)27-11-10-22/h3-9,12H,11H2,1-2H3. The summed E-state index contributed by atoms with van der Waals surface area (Å²) in [7, 11) is 1.52. The van der Waals surface area contributed by atoms with Crippen molar-refractivity contribution in [2.24, 2.45) is 5.10 Å². The average molecular weight is 426 g/mol. The number of anilines is 1. The van der Waals surface area contributed by atoms with Crippen molar-refractivity contribution >= 4 is 39.3 Å². The van der Waals surface area contributed by atoms with Crippen molar-refractivity contribution in [1.29, 1.82) is 5.26 Å². The molecule has 136 valence electrons. The fourth-order valence-corrected chi connectivity index (χ4v) is 2.93. The number of benzene rings is 2. The molecule has 0 fully saturated rings. The highest BCUT2D eigenvalue weighted by Gasteiger charge is 2.29. The van der Waals surface area contributed by atoms with Crippen LogP contribution in [-0.2, 0) is 4.79 Å². The van der Waals surface area contributed by atoms with Gasteiger partial charge in [-0.3, -0.25) is 4.79 Å². The molecule has 1 heterocycles. The van der Waals surface area contributed by atoms with Crippen LogP contribution in [0.2, 0.25) is 0 Å². The molecular formula is C20H16BrN3O3. The number of nitriles is 1.